The summed E-state index contributed by atoms with van der Waals surface area (Å²) in [6, 6.07) is 8.54. The summed E-state index contributed by atoms with van der Waals surface area (Å²) >= 11 is 0. The van der Waals surface area contributed by atoms with Crippen LogP contribution in [-0.2, 0) is 0 Å². The first-order chi connectivity index (χ1) is 9.11. The lowest BCUT2D eigenvalue weighted by Crippen LogP contribution is -2.29. The lowest BCUT2D eigenvalue weighted by molar-refractivity contribution is 0.0997. The van der Waals surface area contributed by atoms with Crippen LogP contribution in [0.5, 0.6) is 0 Å². The SMILES string of the molecule is CCNC(=O)Nc1cc2ccccc2c(C(N)=O)n1.Cl. The number of carbonyl (C=O) groups is 2. The van der Waals surface area contributed by atoms with E-state index in [0.29, 0.717) is 17.7 Å². The number of hydrogen-bond acceptors (Lipinski definition) is 3. The van der Waals surface area contributed by atoms with Gasteiger partial charge in [0.1, 0.15) is 11.5 Å². The number of nitrogens with one attached hydrogen (secondary N) is 2. The molecule has 0 saturated carbocycles. The van der Waals surface area contributed by atoms with E-state index >= 15 is 0 Å². The Morgan fingerprint density at radius 2 is 2.00 bits per heavy atom. The molecule has 0 radical (unpaired) electrons. The van der Waals surface area contributed by atoms with Gasteiger partial charge < -0.3 is 11.1 Å². The summed E-state index contributed by atoms with van der Waals surface area (Å²) in [7, 11) is 0. The van der Waals surface area contributed by atoms with Crippen molar-refractivity contribution in [3.8, 4) is 0 Å². The van der Waals surface area contributed by atoms with E-state index in [2.05, 4.69) is 15.6 Å². The number of carbonyl (C=O) groups excluding carboxylic acids is 2. The zero-order valence-corrected chi connectivity index (χ0v) is 11.7. The molecule has 6 nitrogen and oxygen atoms in total. The highest BCUT2D eigenvalue weighted by molar-refractivity contribution is 6.06. The zero-order chi connectivity index (χ0) is 13.8. The van der Waals surface area contributed by atoms with E-state index in [1.807, 2.05) is 19.1 Å². The average Bonchev–Trinajstić information content (AvgIpc) is 2.37. The number of rotatable bonds is 3. The fourth-order valence-corrected chi connectivity index (χ4v) is 1.77. The van der Waals surface area contributed by atoms with E-state index in [-0.39, 0.29) is 24.1 Å². The van der Waals surface area contributed by atoms with Crippen LogP contribution < -0.4 is 16.4 Å². The largest absolute Gasteiger partial charge is 0.364 e. The molecule has 1 heterocycles. The van der Waals surface area contributed by atoms with E-state index < -0.39 is 5.91 Å². The number of fused-ring (bicyclic) bond motifs is 1. The van der Waals surface area contributed by atoms with Gasteiger partial charge in [0.25, 0.3) is 5.91 Å². The van der Waals surface area contributed by atoms with Gasteiger partial charge in [-0.3, -0.25) is 10.1 Å². The molecule has 106 valence electrons. The second-order valence-electron chi connectivity index (χ2n) is 3.93. The fraction of sp³-hybridized carbons (Fsp3) is 0.154. The number of aromatic nitrogens is 1. The summed E-state index contributed by atoms with van der Waals surface area (Å²) in [5.41, 5.74) is 5.45. The number of anilines is 1. The smallest absolute Gasteiger partial charge is 0.320 e. The maximum absolute atomic E-state index is 11.5. The van der Waals surface area contributed by atoms with Gasteiger partial charge in [-0.2, -0.15) is 0 Å². The van der Waals surface area contributed by atoms with Crippen LogP contribution in [0.1, 0.15) is 17.4 Å². The van der Waals surface area contributed by atoms with E-state index in [1.54, 1.807) is 18.2 Å². The van der Waals surface area contributed by atoms with E-state index in [1.165, 1.54) is 0 Å². The minimum atomic E-state index is -0.629. The van der Waals surface area contributed by atoms with E-state index in [0.717, 1.165) is 5.39 Å². The molecule has 4 N–H and O–H groups in total. The molecule has 0 aliphatic carbocycles. The van der Waals surface area contributed by atoms with Crippen LogP contribution in [0.3, 0.4) is 0 Å². The summed E-state index contributed by atoms with van der Waals surface area (Å²) < 4.78 is 0. The number of nitrogens with zero attached hydrogens (tertiary/aromatic N) is 1. The molecule has 0 spiro atoms. The molecule has 1 aromatic carbocycles. The first-order valence-corrected chi connectivity index (χ1v) is 5.86. The van der Waals surface area contributed by atoms with Gasteiger partial charge in [0.2, 0.25) is 0 Å². The molecule has 2 aromatic rings. The zero-order valence-electron chi connectivity index (χ0n) is 10.8. The first-order valence-electron chi connectivity index (χ1n) is 5.86. The molecule has 3 amide bonds. The van der Waals surface area contributed by atoms with Gasteiger partial charge in [-0.15, -0.1) is 12.4 Å². The molecule has 0 aliphatic rings. The Hall–Kier alpha value is -2.34. The Kier molecular flexibility index (Phi) is 5.28. The van der Waals surface area contributed by atoms with Crippen LogP contribution in [0, 0.1) is 0 Å². The predicted molar refractivity (Wildman–Crippen MR) is 80.2 cm³/mol. The van der Waals surface area contributed by atoms with Gasteiger partial charge in [-0.05, 0) is 18.4 Å². The van der Waals surface area contributed by atoms with Crippen LogP contribution in [0.15, 0.2) is 30.3 Å². The summed E-state index contributed by atoms with van der Waals surface area (Å²) in [6.45, 7) is 2.31. The predicted octanol–water partition coefficient (Wildman–Crippen LogP) is 1.90. The van der Waals surface area contributed by atoms with Gasteiger partial charge >= 0.3 is 6.03 Å². The first kappa shape index (κ1) is 15.7. The topological polar surface area (TPSA) is 97.1 Å². The van der Waals surface area contributed by atoms with Crippen molar-refractivity contribution in [3.05, 3.63) is 36.0 Å². The average molecular weight is 295 g/mol. The summed E-state index contributed by atoms with van der Waals surface area (Å²) in [5, 5.41) is 6.60. The highest BCUT2D eigenvalue weighted by Crippen LogP contribution is 2.20. The summed E-state index contributed by atoms with van der Waals surface area (Å²) in [4.78, 5) is 26.9. The number of primary amides is 1. The van der Waals surface area contributed by atoms with Crippen molar-refractivity contribution in [1.82, 2.24) is 10.3 Å². The Labute approximate surface area is 122 Å². The van der Waals surface area contributed by atoms with Gasteiger partial charge in [0.15, 0.2) is 0 Å². The molecule has 0 bridgehead atoms. The molecule has 0 atom stereocenters. The standard InChI is InChI=1S/C13H14N4O2.ClH/c1-2-15-13(19)17-10-7-8-5-3-4-6-9(8)11(16-10)12(14)18;/h3-7H,2H2,1H3,(H2,14,18)(H2,15,16,17,19);1H. The van der Waals surface area contributed by atoms with Crippen LogP contribution in [-0.4, -0.2) is 23.5 Å². The maximum atomic E-state index is 11.5. The second kappa shape index (κ2) is 6.72. The Morgan fingerprint density at radius 3 is 2.65 bits per heavy atom. The number of halogens is 1. The lowest BCUT2D eigenvalue weighted by atomic mass is 10.1. The monoisotopic (exact) mass is 294 g/mol. The molecule has 0 saturated heterocycles. The van der Waals surface area contributed by atoms with Crippen molar-refractivity contribution in [2.75, 3.05) is 11.9 Å². The number of amides is 3. The van der Waals surface area contributed by atoms with Crippen molar-refractivity contribution >= 4 is 40.9 Å². The number of benzene rings is 1. The molecule has 2 rings (SSSR count). The van der Waals surface area contributed by atoms with Crippen LogP contribution in [0.25, 0.3) is 10.8 Å². The summed E-state index contributed by atoms with van der Waals surface area (Å²) in [5.74, 6) is -0.339. The van der Waals surface area contributed by atoms with E-state index in [4.69, 9.17) is 5.73 Å². The minimum Gasteiger partial charge on any atom is -0.364 e. The number of nitrogens with two attached hydrogens (primary N) is 1. The van der Waals surface area contributed by atoms with E-state index in [9.17, 15) is 9.59 Å². The normalized spacial score (nSPS) is 9.65. The highest BCUT2D eigenvalue weighted by atomic mass is 35.5. The maximum Gasteiger partial charge on any atom is 0.320 e. The Bertz CT molecular complexity index is 645. The third kappa shape index (κ3) is 3.36. The molecule has 20 heavy (non-hydrogen) atoms. The molecule has 0 fully saturated rings. The highest BCUT2D eigenvalue weighted by Gasteiger charge is 2.11. The molecule has 0 aliphatic heterocycles. The molecule has 0 unspecified atom stereocenters. The van der Waals surface area contributed by atoms with Crippen LogP contribution in [0.4, 0.5) is 10.6 Å². The molecule has 7 heteroatoms. The quantitative estimate of drug-likeness (QED) is 0.806. The number of pyridine rings is 1. The Balaban J connectivity index is 0.00000200. The van der Waals surface area contributed by atoms with Crippen molar-refractivity contribution < 1.29 is 9.59 Å². The number of urea groups is 1. The third-order valence-corrected chi connectivity index (χ3v) is 2.55. The Morgan fingerprint density at radius 1 is 1.30 bits per heavy atom. The van der Waals surface area contributed by atoms with Crippen LogP contribution >= 0.6 is 12.4 Å². The van der Waals surface area contributed by atoms with Crippen molar-refractivity contribution in [1.29, 1.82) is 0 Å². The summed E-state index contributed by atoms with van der Waals surface area (Å²) in [6.07, 6.45) is 0. The van der Waals surface area contributed by atoms with Gasteiger partial charge in [0, 0.05) is 11.9 Å². The van der Waals surface area contributed by atoms with Crippen molar-refractivity contribution in [2.45, 2.75) is 6.92 Å². The van der Waals surface area contributed by atoms with Crippen LogP contribution in [0.2, 0.25) is 0 Å². The van der Waals surface area contributed by atoms with Gasteiger partial charge in [-0.1, -0.05) is 24.3 Å². The minimum absolute atomic E-state index is 0. The molecular weight excluding hydrogens is 280 g/mol. The van der Waals surface area contributed by atoms with Gasteiger partial charge in [-0.25, -0.2) is 9.78 Å². The number of hydrogen-bond donors (Lipinski definition) is 3. The molecular formula is C13H15ClN4O2. The molecule has 1 aromatic heterocycles. The lowest BCUT2D eigenvalue weighted by Gasteiger charge is -2.08. The van der Waals surface area contributed by atoms with Crippen molar-refractivity contribution in [2.24, 2.45) is 5.73 Å². The fourth-order valence-electron chi connectivity index (χ4n) is 1.77. The second-order valence-corrected chi connectivity index (χ2v) is 3.93. The third-order valence-electron chi connectivity index (χ3n) is 2.55. The van der Waals surface area contributed by atoms with Crippen molar-refractivity contribution in [3.63, 3.8) is 0 Å². The van der Waals surface area contributed by atoms with Gasteiger partial charge in [0.05, 0.1) is 0 Å².